The standard InChI is InChI=1S/C22H36N2O6S2/c1-9-29-21(25)20(24-32(27,28)30-22(5,6)7)19(16(2)3)17(4)15-31(26,23-8)18-13-11-10-12-14-18/h10-16,19-20,24H,9H2,1-8H3/b17-15+/t19-,20+,31?/m1/s1. The molecule has 3 atom stereocenters. The van der Waals surface area contributed by atoms with Crippen LogP contribution in [0, 0.1) is 11.8 Å². The minimum Gasteiger partial charge on any atom is -0.465 e. The van der Waals surface area contributed by atoms with Gasteiger partial charge in [-0.2, -0.15) is 13.1 Å². The van der Waals surface area contributed by atoms with Crippen LogP contribution in [-0.4, -0.2) is 43.9 Å². The maximum Gasteiger partial charge on any atom is 0.337 e. The number of hydrogen-bond donors (Lipinski definition) is 1. The Kier molecular flexibility index (Phi) is 10.1. The van der Waals surface area contributed by atoms with Gasteiger partial charge >= 0.3 is 16.3 Å². The summed E-state index contributed by atoms with van der Waals surface area (Å²) in [5, 5.41) is 1.51. The van der Waals surface area contributed by atoms with Gasteiger partial charge in [-0.15, -0.1) is 0 Å². The summed E-state index contributed by atoms with van der Waals surface area (Å²) in [6, 6.07) is 7.51. The van der Waals surface area contributed by atoms with Gasteiger partial charge in [0.05, 0.1) is 26.8 Å². The number of nitrogens with zero attached hydrogens (tertiary/aromatic N) is 1. The molecule has 0 bridgehead atoms. The van der Waals surface area contributed by atoms with E-state index in [2.05, 4.69) is 9.08 Å². The highest BCUT2D eigenvalue weighted by Crippen LogP contribution is 2.29. The van der Waals surface area contributed by atoms with Crippen molar-refractivity contribution in [3.8, 4) is 0 Å². The fourth-order valence-electron chi connectivity index (χ4n) is 3.35. The Morgan fingerprint density at radius 2 is 1.72 bits per heavy atom. The van der Waals surface area contributed by atoms with E-state index >= 15 is 0 Å². The van der Waals surface area contributed by atoms with Gasteiger partial charge in [0, 0.05) is 18.4 Å². The van der Waals surface area contributed by atoms with Crippen molar-refractivity contribution in [3.05, 3.63) is 41.3 Å². The number of benzene rings is 1. The monoisotopic (exact) mass is 488 g/mol. The molecule has 0 aromatic heterocycles. The lowest BCUT2D eigenvalue weighted by molar-refractivity contribution is -0.146. The third-order valence-corrected chi connectivity index (χ3v) is 7.92. The van der Waals surface area contributed by atoms with Crippen molar-refractivity contribution < 1.29 is 26.3 Å². The van der Waals surface area contributed by atoms with Crippen LogP contribution in [-0.2, 0) is 33.7 Å². The average Bonchev–Trinajstić information content (AvgIpc) is 2.65. The molecule has 0 heterocycles. The average molecular weight is 489 g/mol. The molecule has 0 saturated heterocycles. The van der Waals surface area contributed by atoms with Crippen molar-refractivity contribution in [2.45, 2.75) is 65.0 Å². The van der Waals surface area contributed by atoms with Crippen LogP contribution >= 0.6 is 0 Å². The number of carbonyl (C=O) groups is 1. The summed E-state index contributed by atoms with van der Waals surface area (Å²) in [6.45, 7) is 11.9. The molecule has 32 heavy (non-hydrogen) atoms. The lowest BCUT2D eigenvalue weighted by Gasteiger charge is -2.31. The van der Waals surface area contributed by atoms with Crippen LogP contribution in [0.15, 0.2) is 50.6 Å². The molecule has 0 amide bonds. The van der Waals surface area contributed by atoms with Crippen LogP contribution in [0.25, 0.3) is 0 Å². The van der Waals surface area contributed by atoms with Crippen LogP contribution in [0.1, 0.15) is 48.5 Å². The number of esters is 1. The van der Waals surface area contributed by atoms with Gasteiger partial charge in [-0.1, -0.05) is 37.6 Å². The Labute approximate surface area is 193 Å². The molecule has 182 valence electrons. The summed E-state index contributed by atoms with van der Waals surface area (Å²) < 4.78 is 55.6. The van der Waals surface area contributed by atoms with Gasteiger partial charge in [-0.05, 0) is 52.7 Å². The van der Waals surface area contributed by atoms with E-state index in [1.54, 1.807) is 58.9 Å². The molecule has 0 aliphatic heterocycles. The third kappa shape index (κ3) is 8.31. The number of rotatable bonds is 10. The summed E-state index contributed by atoms with van der Waals surface area (Å²) in [5.41, 5.74) is -0.442. The fourth-order valence-corrected chi connectivity index (χ4v) is 6.28. The SMILES string of the molecule is CCOC(=O)[C@@H](NS(=O)(=O)OC(C)(C)C)[C@@H](/C(C)=C/S(=O)(=NC)c1ccccc1)C(C)C. The highest BCUT2D eigenvalue weighted by molar-refractivity contribution is 7.96. The largest absolute Gasteiger partial charge is 0.465 e. The van der Waals surface area contributed by atoms with Gasteiger partial charge in [0.1, 0.15) is 6.04 Å². The zero-order valence-electron chi connectivity index (χ0n) is 20.1. The highest BCUT2D eigenvalue weighted by Gasteiger charge is 2.38. The predicted molar refractivity (Wildman–Crippen MR) is 127 cm³/mol. The van der Waals surface area contributed by atoms with Gasteiger partial charge in [0.25, 0.3) is 0 Å². The zero-order chi connectivity index (χ0) is 24.7. The predicted octanol–water partition coefficient (Wildman–Crippen LogP) is 3.90. The molecule has 0 radical (unpaired) electrons. The fraction of sp³-hybridized carbons (Fsp3) is 0.591. The van der Waals surface area contributed by atoms with E-state index in [-0.39, 0.29) is 12.5 Å². The van der Waals surface area contributed by atoms with E-state index in [4.69, 9.17) is 8.92 Å². The highest BCUT2D eigenvalue weighted by atomic mass is 32.2. The molecular weight excluding hydrogens is 452 g/mol. The Balaban J connectivity index is 3.53. The lowest BCUT2D eigenvalue weighted by atomic mass is 9.84. The Hall–Kier alpha value is -1.75. The summed E-state index contributed by atoms with van der Waals surface area (Å²) in [5.74, 6) is -1.59. The van der Waals surface area contributed by atoms with E-state index in [9.17, 15) is 17.4 Å². The van der Waals surface area contributed by atoms with E-state index in [1.807, 2.05) is 19.9 Å². The lowest BCUT2D eigenvalue weighted by Crippen LogP contribution is -2.50. The van der Waals surface area contributed by atoms with Crippen LogP contribution in [0.5, 0.6) is 0 Å². The summed E-state index contributed by atoms with van der Waals surface area (Å²) in [6.07, 6.45) is 0. The molecule has 1 unspecified atom stereocenters. The molecule has 0 aliphatic carbocycles. The summed E-state index contributed by atoms with van der Waals surface area (Å²) >= 11 is 0. The van der Waals surface area contributed by atoms with Gasteiger partial charge in [0.15, 0.2) is 0 Å². The molecule has 8 nitrogen and oxygen atoms in total. The molecule has 0 saturated carbocycles. The Bertz CT molecular complexity index is 1020. The first kappa shape index (κ1) is 28.3. The first-order chi connectivity index (χ1) is 14.7. The maximum absolute atomic E-state index is 13.6. The molecule has 10 heteroatoms. The van der Waals surface area contributed by atoms with Gasteiger partial charge in [-0.25, -0.2) is 8.57 Å². The van der Waals surface area contributed by atoms with Gasteiger partial charge < -0.3 is 4.74 Å². The first-order valence-electron chi connectivity index (χ1n) is 10.4. The van der Waals surface area contributed by atoms with Gasteiger partial charge in [0.2, 0.25) is 0 Å². The van der Waals surface area contributed by atoms with E-state index in [1.165, 1.54) is 12.5 Å². The van der Waals surface area contributed by atoms with Crippen molar-refractivity contribution in [2.75, 3.05) is 13.7 Å². The van der Waals surface area contributed by atoms with Crippen molar-refractivity contribution in [1.29, 1.82) is 0 Å². The second kappa shape index (κ2) is 11.4. The number of nitrogens with one attached hydrogen (secondary N) is 1. The van der Waals surface area contributed by atoms with Crippen LogP contribution in [0.3, 0.4) is 0 Å². The molecule has 0 spiro atoms. The molecule has 1 N–H and O–H groups in total. The van der Waals surface area contributed by atoms with E-state index < -0.39 is 43.6 Å². The normalized spacial score (nSPS) is 16.8. The quantitative estimate of drug-likeness (QED) is 0.500. The molecule has 1 aromatic rings. The maximum atomic E-state index is 13.6. The number of hydrogen-bond acceptors (Lipinski definition) is 7. The van der Waals surface area contributed by atoms with E-state index in [0.717, 1.165) is 0 Å². The molecule has 0 aliphatic rings. The zero-order valence-corrected chi connectivity index (χ0v) is 21.7. The van der Waals surface area contributed by atoms with Crippen LogP contribution in [0.4, 0.5) is 0 Å². The Morgan fingerprint density at radius 1 is 1.16 bits per heavy atom. The van der Waals surface area contributed by atoms with Crippen LogP contribution in [0.2, 0.25) is 0 Å². The number of ether oxygens (including phenoxy) is 1. The second-order valence-corrected chi connectivity index (χ2v) is 12.2. The van der Waals surface area contributed by atoms with Crippen molar-refractivity contribution in [2.24, 2.45) is 16.2 Å². The minimum atomic E-state index is -4.29. The summed E-state index contributed by atoms with van der Waals surface area (Å²) in [7, 11) is -5.75. The Morgan fingerprint density at radius 3 is 2.16 bits per heavy atom. The summed E-state index contributed by atoms with van der Waals surface area (Å²) in [4.78, 5) is 13.3. The first-order valence-corrected chi connectivity index (χ1v) is 13.4. The second-order valence-electron chi connectivity index (χ2n) is 8.69. The molecule has 0 fully saturated rings. The topological polar surface area (TPSA) is 111 Å². The molecular formula is C22H36N2O6S2. The van der Waals surface area contributed by atoms with Crippen molar-refractivity contribution >= 4 is 26.0 Å². The van der Waals surface area contributed by atoms with E-state index in [0.29, 0.717) is 10.5 Å². The third-order valence-electron chi connectivity index (χ3n) is 4.47. The number of carbonyl (C=O) groups excluding carboxylic acids is 1. The van der Waals surface area contributed by atoms with Gasteiger partial charge in [-0.3, -0.25) is 8.98 Å². The molecule has 1 rings (SSSR count). The molecule has 1 aromatic carbocycles. The van der Waals surface area contributed by atoms with Crippen molar-refractivity contribution in [1.82, 2.24) is 4.72 Å². The smallest absolute Gasteiger partial charge is 0.337 e. The van der Waals surface area contributed by atoms with Crippen LogP contribution < -0.4 is 4.72 Å². The van der Waals surface area contributed by atoms with Crippen molar-refractivity contribution in [3.63, 3.8) is 0 Å². The minimum absolute atomic E-state index is 0.0792.